The van der Waals surface area contributed by atoms with Crippen molar-refractivity contribution >= 4 is 8.32 Å². The third kappa shape index (κ3) is 5.34. The number of methoxy groups -OCH3 is 1. The molecule has 0 spiro atoms. The lowest BCUT2D eigenvalue weighted by molar-refractivity contribution is -0.0711. The van der Waals surface area contributed by atoms with Crippen molar-refractivity contribution in [3.8, 4) is 0 Å². The van der Waals surface area contributed by atoms with Gasteiger partial charge in [-0.15, -0.1) is 0 Å². The zero-order valence-electron chi connectivity index (χ0n) is 15.2. The van der Waals surface area contributed by atoms with Gasteiger partial charge in [-0.3, -0.25) is 0 Å². The fourth-order valence-corrected chi connectivity index (χ4v) is 3.24. The van der Waals surface area contributed by atoms with Crippen molar-refractivity contribution in [2.75, 3.05) is 7.11 Å². The molecule has 0 N–H and O–H groups in total. The molecule has 120 valence electrons. The Morgan fingerprint density at radius 2 is 1.70 bits per heavy atom. The monoisotopic (exact) mass is 300 g/mol. The van der Waals surface area contributed by atoms with Crippen LogP contribution in [0.5, 0.6) is 0 Å². The second kappa shape index (κ2) is 7.76. The van der Waals surface area contributed by atoms with E-state index in [9.17, 15) is 0 Å². The molecule has 20 heavy (non-hydrogen) atoms. The largest absolute Gasteiger partial charge is 0.408 e. The van der Waals surface area contributed by atoms with Gasteiger partial charge in [0.05, 0.1) is 11.7 Å². The lowest BCUT2D eigenvalue weighted by Crippen LogP contribution is -2.51. The smallest absolute Gasteiger partial charge is 0.193 e. The van der Waals surface area contributed by atoms with Gasteiger partial charge >= 0.3 is 0 Å². The molecule has 0 aromatic rings. The van der Waals surface area contributed by atoms with Crippen LogP contribution >= 0.6 is 0 Å². The standard InChI is InChI=1S/C17H36O2Si/c1-10-12-14-17(6,18-7)15(13-11-2)19-20(8,9)16(3,4)5/h11,13,15H,10,12,14H2,1-9H3/b13-11+/t15-,17-/m1/s1. The second-order valence-electron chi connectivity index (χ2n) is 7.44. The van der Waals surface area contributed by atoms with E-state index < -0.39 is 8.32 Å². The summed E-state index contributed by atoms with van der Waals surface area (Å²) >= 11 is 0. The van der Waals surface area contributed by atoms with Gasteiger partial charge in [-0.1, -0.05) is 52.7 Å². The second-order valence-corrected chi connectivity index (χ2v) is 12.2. The number of rotatable bonds is 8. The van der Waals surface area contributed by atoms with E-state index in [-0.39, 0.29) is 16.7 Å². The summed E-state index contributed by atoms with van der Waals surface area (Å²) in [5.41, 5.74) is -0.238. The summed E-state index contributed by atoms with van der Waals surface area (Å²) in [4.78, 5) is 0. The molecule has 0 bridgehead atoms. The average Bonchev–Trinajstić information content (AvgIpc) is 2.34. The van der Waals surface area contributed by atoms with E-state index in [4.69, 9.17) is 9.16 Å². The minimum absolute atomic E-state index is 0.0324. The van der Waals surface area contributed by atoms with E-state index in [0.717, 1.165) is 6.42 Å². The van der Waals surface area contributed by atoms with Crippen LogP contribution in [0.25, 0.3) is 0 Å². The van der Waals surface area contributed by atoms with Gasteiger partial charge in [-0.2, -0.15) is 0 Å². The van der Waals surface area contributed by atoms with Gasteiger partial charge in [0.25, 0.3) is 0 Å². The highest BCUT2D eigenvalue weighted by atomic mass is 28.4. The Kier molecular flexibility index (Phi) is 7.72. The third-order valence-corrected chi connectivity index (χ3v) is 9.15. The predicted molar refractivity (Wildman–Crippen MR) is 91.8 cm³/mol. The fraction of sp³-hybridized carbons (Fsp3) is 0.882. The summed E-state index contributed by atoms with van der Waals surface area (Å²) in [6.07, 6.45) is 7.66. The minimum Gasteiger partial charge on any atom is -0.408 e. The van der Waals surface area contributed by atoms with Crippen molar-refractivity contribution in [2.24, 2.45) is 0 Å². The van der Waals surface area contributed by atoms with Crippen LogP contribution in [0.15, 0.2) is 12.2 Å². The zero-order valence-corrected chi connectivity index (χ0v) is 16.2. The Morgan fingerprint density at radius 3 is 2.05 bits per heavy atom. The van der Waals surface area contributed by atoms with Crippen LogP contribution in [0.1, 0.15) is 60.8 Å². The van der Waals surface area contributed by atoms with E-state index in [1.807, 2.05) is 0 Å². The number of hydrogen-bond donors (Lipinski definition) is 0. The highest BCUT2D eigenvalue weighted by Gasteiger charge is 2.43. The molecule has 0 radical (unpaired) electrons. The predicted octanol–water partition coefficient (Wildman–Crippen LogP) is 5.55. The normalized spacial score (nSPS) is 18.2. The fourth-order valence-electron chi connectivity index (χ4n) is 1.92. The quantitative estimate of drug-likeness (QED) is 0.432. The molecule has 0 unspecified atom stereocenters. The first-order chi connectivity index (χ1) is 9.04. The molecular weight excluding hydrogens is 264 g/mol. The molecule has 2 atom stereocenters. The van der Waals surface area contributed by atoms with Gasteiger partial charge in [-0.05, 0) is 38.4 Å². The summed E-state index contributed by atoms with van der Waals surface area (Å²) < 4.78 is 12.5. The highest BCUT2D eigenvalue weighted by Crippen LogP contribution is 2.39. The van der Waals surface area contributed by atoms with E-state index >= 15 is 0 Å². The molecule has 0 aromatic heterocycles. The molecule has 0 heterocycles. The van der Waals surface area contributed by atoms with Gasteiger partial charge in [0.1, 0.15) is 0 Å². The Bertz CT molecular complexity index is 305. The molecular formula is C17H36O2Si. The zero-order chi connectivity index (χ0) is 16.0. The number of allylic oxidation sites excluding steroid dienone is 1. The van der Waals surface area contributed by atoms with Gasteiger partial charge in [0.15, 0.2) is 8.32 Å². The van der Waals surface area contributed by atoms with Crippen molar-refractivity contribution in [3.05, 3.63) is 12.2 Å². The topological polar surface area (TPSA) is 18.5 Å². The molecule has 0 amide bonds. The van der Waals surface area contributed by atoms with E-state index in [0.29, 0.717) is 0 Å². The summed E-state index contributed by atoms with van der Waals surface area (Å²) in [6, 6.07) is 0. The number of hydrogen-bond acceptors (Lipinski definition) is 2. The van der Waals surface area contributed by atoms with Crippen molar-refractivity contribution < 1.29 is 9.16 Å². The van der Waals surface area contributed by atoms with Gasteiger partial charge in [-0.25, -0.2) is 0 Å². The van der Waals surface area contributed by atoms with Crippen LogP contribution in [0.4, 0.5) is 0 Å². The molecule has 0 aromatic carbocycles. The SMILES string of the molecule is C/C=C/[C@@H](O[Si](C)(C)C(C)(C)C)[C@@](C)(CCCC)OC. The Balaban J connectivity index is 5.22. The third-order valence-electron chi connectivity index (χ3n) is 4.69. The van der Waals surface area contributed by atoms with Crippen LogP contribution in [-0.2, 0) is 9.16 Å². The Hall–Kier alpha value is -0.123. The van der Waals surface area contributed by atoms with Crippen molar-refractivity contribution in [1.82, 2.24) is 0 Å². The number of ether oxygens (including phenoxy) is 1. The van der Waals surface area contributed by atoms with Crippen LogP contribution in [0, 0.1) is 0 Å². The van der Waals surface area contributed by atoms with Crippen LogP contribution in [0.2, 0.25) is 18.1 Å². The first-order valence-electron chi connectivity index (χ1n) is 7.90. The maximum atomic E-state index is 6.62. The van der Waals surface area contributed by atoms with Crippen molar-refractivity contribution in [1.29, 1.82) is 0 Å². The average molecular weight is 301 g/mol. The van der Waals surface area contributed by atoms with Crippen LogP contribution < -0.4 is 0 Å². The van der Waals surface area contributed by atoms with Gasteiger partial charge < -0.3 is 9.16 Å². The summed E-state index contributed by atoms with van der Waals surface area (Å²) in [7, 11) is 0.00497. The first-order valence-corrected chi connectivity index (χ1v) is 10.8. The molecule has 0 saturated carbocycles. The molecule has 3 heteroatoms. The Labute approximate surface area is 128 Å². The molecule has 0 fully saturated rings. The van der Waals surface area contributed by atoms with E-state index in [2.05, 4.69) is 66.8 Å². The highest BCUT2D eigenvalue weighted by molar-refractivity contribution is 6.74. The van der Waals surface area contributed by atoms with Crippen LogP contribution in [0.3, 0.4) is 0 Å². The van der Waals surface area contributed by atoms with E-state index in [1.54, 1.807) is 7.11 Å². The molecule has 0 rings (SSSR count). The molecule has 0 aliphatic carbocycles. The molecule has 0 aliphatic rings. The minimum atomic E-state index is -1.80. The summed E-state index contributed by atoms with van der Waals surface area (Å²) in [6.45, 7) is 17.9. The van der Waals surface area contributed by atoms with E-state index in [1.165, 1.54) is 12.8 Å². The number of unbranched alkanes of at least 4 members (excludes halogenated alkanes) is 1. The molecule has 2 nitrogen and oxygen atoms in total. The van der Waals surface area contributed by atoms with Gasteiger partial charge in [0, 0.05) is 7.11 Å². The maximum Gasteiger partial charge on any atom is 0.193 e. The summed E-state index contributed by atoms with van der Waals surface area (Å²) in [5, 5.41) is 0.215. The van der Waals surface area contributed by atoms with Crippen molar-refractivity contribution in [3.63, 3.8) is 0 Å². The lowest BCUT2D eigenvalue weighted by atomic mass is 9.92. The Morgan fingerprint density at radius 1 is 1.15 bits per heavy atom. The van der Waals surface area contributed by atoms with Crippen LogP contribution in [-0.4, -0.2) is 27.1 Å². The lowest BCUT2D eigenvalue weighted by Gasteiger charge is -2.44. The summed E-state index contributed by atoms with van der Waals surface area (Å²) in [5.74, 6) is 0. The molecule has 0 saturated heterocycles. The first kappa shape index (κ1) is 19.9. The molecule has 0 aliphatic heterocycles. The maximum absolute atomic E-state index is 6.62. The van der Waals surface area contributed by atoms with Gasteiger partial charge in [0.2, 0.25) is 0 Å². The van der Waals surface area contributed by atoms with Crippen molar-refractivity contribution in [2.45, 2.75) is 90.6 Å².